The van der Waals surface area contributed by atoms with Crippen LogP contribution in [0.2, 0.25) is 0 Å². The van der Waals surface area contributed by atoms with E-state index >= 15 is 0 Å². The van der Waals surface area contributed by atoms with Crippen LogP contribution in [0.3, 0.4) is 0 Å². The standard InChI is InChI=1S/C11H19N3/c1-11(2,3)14-10-6-4-5-9(12)8(10)7-13-14/h7,9H,4-6,12H2,1-3H3. The van der Waals surface area contributed by atoms with Gasteiger partial charge < -0.3 is 5.73 Å². The summed E-state index contributed by atoms with van der Waals surface area (Å²) in [4.78, 5) is 0. The van der Waals surface area contributed by atoms with Crippen molar-refractivity contribution in [2.24, 2.45) is 5.73 Å². The number of hydrogen-bond donors (Lipinski definition) is 1. The first kappa shape index (κ1) is 9.71. The van der Waals surface area contributed by atoms with Gasteiger partial charge in [-0.25, -0.2) is 0 Å². The number of nitrogens with two attached hydrogens (primary N) is 1. The highest BCUT2D eigenvalue weighted by Crippen LogP contribution is 2.30. The third-order valence-corrected chi connectivity index (χ3v) is 2.86. The van der Waals surface area contributed by atoms with Gasteiger partial charge in [-0.15, -0.1) is 0 Å². The van der Waals surface area contributed by atoms with Gasteiger partial charge in [0.2, 0.25) is 0 Å². The van der Waals surface area contributed by atoms with Crippen LogP contribution < -0.4 is 5.73 Å². The number of aromatic nitrogens is 2. The quantitative estimate of drug-likeness (QED) is 0.684. The minimum Gasteiger partial charge on any atom is -0.324 e. The zero-order chi connectivity index (χ0) is 10.3. The molecule has 1 aliphatic rings. The molecule has 1 unspecified atom stereocenters. The van der Waals surface area contributed by atoms with Crippen LogP contribution >= 0.6 is 0 Å². The van der Waals surface area contributed by atoms with Crippen LogP contribution in [0.15, 0.2) is 6.20 Å². The fourth-order valence-corrected chi connectivity index (χ4v) is 2.17. The predicted octanol–water partition coefficient (Wildman–Crippen LogP) is 1.97. The van der Waals surface area contributed by atoms with Gasteiger partial charge >= 0.3 is 0 Å². The van der Waals surface area contributed by atoms with Crippen LogP contribution in [0.25, 0.3) is 0 Å². The summed E-state index contributed by atoms with van der Waals surface area (Å²) in [5.41, 5.74) is 8.72. The lowest BCUT2D eigenvalue weighted by atomic mass is 9.93. The molecular formula is C11H19N3. The molecule has 0 aliphatic heterocycles. The van der Waals surface area contributed by atoms with Crippen molar-refractivity contribution in [3.8, 4) is 0 Å². The topological polar surface area (TPSA) is 43.8 Å². The van der Waals surface area contributed by atoms with Crippen molar-refractivity contribution in [3.63, 3.8) is 0 Å². The minimum atomic E-state index is 0.0741. The summed E-state index contributed by atoms with van der Waals surface area (Å²) < 4.78 is 2.13. The SMILES string of the molecule is CC(C)(C)n1ncc2c1CCCC2N. The highest BCUT2D eigenvalue weighted by Gasteiger charge is 2.25. The first-order chi connectivity index (χ1) is 6.50. The first-order valence-corrected chi connectivity index (χ1v) is 5.33. The summed E-state index contributed by atoms with van der Waals surface area (Å²) in [6.07, 6.45) is 5.36. The molecule has 0 fully saturated rings. The van der Waals surface area contributed by atoms with Gasteiger partial charge in [0.25, 0.3) is 0 Å². The Morgan fingerprint density at radius 3 is 2.86 bits per heavy atom. The van der Waals surface area contributed by atoms with E-state index in [1.54, 1.807) is 0 Å². The molecule has 1 atom stereocenters. The maximum absolute atomic E-state index is 6.05. The monoisotopic (exact) mass is 193 g/mol. The molecule has 0 saturated carbocycles. The summed E-state index contributed by atoms with van der Waals surface area (Å²) in [6.45, 7) is 6.54. The Morgan fingerprint density at radius 2 is 2.21 bits per heavy atom. The second-order valence-electron chi connectivity index (χ2n) is 5.13. The Morgan fingerprint density at radius 1 is 1.50 bits per heavy atom. The van der Waals surface area contributed by atoms with E-state index in [-0.39, 0.29) is 11.6 Å². The Labute approximate surface area is 85.3 Å². The van der Waals surface area contributed by atoms with E-state index in [0.29, 0.717) is 0 Å². The van der Waals surface area contributed by atoms with E-state index in [4.69, 9.17) is 5.73 Å². The number of fused-ring (bicyclic) bond motifs is 1. The molecule has 0 bridgehead atoms. The number of nitrogens with zero attached hydrogens (tertiary/aromatic N) is 2. The first-order valence-electron chi connectivity index (χ1n) is 5.33. The minimum absolute atomic E-state index is 0.0741. The third-order valence-electron chi connectivity index (χ3n) is 2.86. The van der Waals surface area contributed by atoms with Gasteiger partial charge in [-0.05, 0) is 40.0 Å². The van der Waals surface area contributed by atoms with Crippen molar-refractivity contribution in [1.29, 1.82) is 0 Å². The molecule has 14 heavy (non-hydrogen) atoms. The summed E-state index contributed by atoms with van der Waals surface area (Å²) in [5.74, 6) is 0. The summed E-state index contributed by atoms with van der Waals surface area (Å²) in [6, 6.07) is 0.204. The second kappa shape index (κ2) is 3.09. The lowest BCUT2D eigenvalue weighted by Crippen LogP contribution is -2.27. The van der Waals surface area contributed by atoms with Crippen LogP contribution in [0.4, 0.5) is 0 Å². The maximum atomic E-state index is 6.05. The Bertz CT molecular complexity index is 333. The van der Waals surface area contributed by atoms with Gasteiger partial charge in [0.1, 0.15) is 0 Å². The van der Waals surface area contributed by atoms with Gasteiger partial charge in [-0.2, -0.15) is 5.10 Å². The average Bonchev–Trinajstić information content (AvgIpc) is 2.47. The van der Waals surface area contributed by atoms with Crippen molar-refractivity contribution < 1.29 is 0 Å². The van der Waals surface area contributed by atoms with Crippen LogP contribution in [-0.4, -0.2) is 9.78 Å². The molecule has 78 valence electrons. The molecule has 0 aromatic carbocycles. The molecule has 1 aromatic heterocycles. The Balaban J connectivity index is 2.46. The van der Waals surface area contributed by atoms with Crippen LogP contribution in [-0.2, 0) is 12.0 Å². The normalized spacial score (nSPS) is 22.1. The molecule has 2 N–H and O–H groups in total. The third kappa shape index (κ3) is 1.46. The van der Waals surface area contributed by atoms with E-state index in [1.807, 2.05) is 6.20 Å². The van der Waals surface area contributed by atoms with Gasteiger partial charge in [-0.1, -0.05) is 0 Å². The molecule has 0 radical (unpaired) electrons. The average molecular weight is 193 g/mol. The van der Waals surface area contributed by atoms with Crippen LogP contribution in [0.1, 0.15) is 50.9 Å². The molecule has 0 amide bonds. The van der Waals surface area contributed by atoms with E-state index in [1.165, 1.54) is 17.7 Å². The summed E-state index contributed by atoms with van der Waals surface area (Å²) in [7, 11) is 0. The smallest absolute Gasteiger partial charge is 0.0546 e. The fraction of sp³-hybridized carbons (Fsp3) is 0.727. The van der Waals surface area contributed by atoms with Crippen molar-refractivity contribution in [1.82, 2.24) is 9.78 Å². The number of hydrogen-bond acceptors (Lipinski definition) is 2. The van der Waals surface area contributed by atoms with E-state index in [2.05, 4.69) is 30.6 Å². The molecular weight excluding hydrogens is 174 g/mol. The molecule has 1 aliphatic carbocycles. The molecule has 0 saturated heterocycles. The summed E-state index contributed by atoms with van der Waals surface area (Å²) >= 11 is 0. The van der Waals surface area contributed by atoms with Gasteiger partial charge in [-0.3, -0.25) is 4.68 Å². The molecule has 2 rings (SSSR count). The largest absolute Gasteiger partial charge is 0.324 e. The fourth-order valence-electron chi connectivity index (χ4n) is 2.17. The predicted molar refractivity (Wildman–Crippen MR) is 57.1 cm³/mol. The highest BCUT2D eigenvalue weighted by molar-refractivity contribution is 5.25. The van der Waals surface area contributed by atoms with E-state index < -0.39 is 0 Å². The van der Waals surface area contributed by atoms with Gasteiger partial charge in [0.05, 0.1) is 11.7 Å². The van der Waals surface area contributed by atoms with Crippen molar-refractivity contribution in [3.05, 3.63) is 17.5 Å². The highest BCUT2D eigenvalue weighted by atomic mass is 15.3. The zero-order valence-corrected chi connectivity index (χ0v) is 9.25. The van der Waals surface area contributed by atoms with E-state index in [0.717, 1.165) is 12.8 Å². The lowest BCUT2D eigenvalue weighted by Gasteiger charge is -2.26. The van der Waals surface area contributed by atoms with Crippen LogP contribution in [0.5, 0.6) is 0 Å². The zero-order valence-electron chi connectivity index (χ0n) is 9.25. The van der Waals surface area contributed by atoms with Crippen molar-refractivity contribution in [2.75, 3.05) is 0 Å². The lowest BCUT2D eigenvalue weighted by molar-refractivity contribution is 0.337. The van der Waals surface area contributed by atoms with Gasteiger partial charge in [0, 0.05) is 17.3 Å². The maximum Gasteiger partial charge on any atom is 0.0546 e. The number of rotatable bonds is 0. The van der Waals surface area contributed by atoms with Crippen LogP contribution in [0, 0.1) is 0 Å². The van der Waals surface area contributed by atoms with Crippen molar-refractivity contribution >= 4 is 0 Å². The Kier molecular flexibility index (Phi) is 2.14. The van der Waals surface area contributed by atoms with Crippen molar-refractivity contribution in [2.45, 2.75) is 51.6 Å². The molecule has 1 aromatic rings. The molecule has 3 heteroatoms. The van der Waals surface area contributed by atoms with Gasteiger partial charge in [0.15, 0.2) is 0 Å². The second-order valence-corrected chi connectivity index (χ2v) is 5.13. The summed E-state index contributed by atoms with van der Waals surface area (Å²) in [5, 5.41) is 4.46. The Hall–Kier alpha value is -0.830. The van der Waals surface area contributed by atoms with E-state index in [9.17, 15) is 0 Å². The molecule has 0 spiro atoms. The molecule has 3 nitrogen and oxygen atoms in total. The molecule has 1 heterocycles.